The van der Waals surface area contributed by atoms with E-state index < -0.39 is 36.0 Å². The first-order valence-corrected chi connectivity index (χ1v) is 8.02. The first kappa shape index (κ1) is 21.9. The molecule has 3 N–H and O–H groups in total. The lowest BCUT2D eigenvalue weighted by molar-refractivity contribution is -0.131. The maximum Gasteiger partial charge on any atom is 0.407 e. The van der Waals surface area contributed by atoms with Gasteiger partial charge in [0.1, 0.15) is 18.4 Å². The van der Waals surface area contributed by atoms with Crippen LogP contribution < -0.4 is 16.0 Å². The first-order valence-electron chi connectivity index (χ1n) is 8.02. The Hall–Kier alpha value is -2.12. The average Bonchev–Trinajstić information content (AvgIpc) is 2.50. The van der Waals surface area contributed by atoms with Crippen LogP contribution in [-0.4, -0.2) is 49.4 Å². The lowest BCUT2D eigenvalue weighted by Crippen LogP contribution is -2.55. The predicted molar refractivity (Wildman–Crippen MR) is 89.2 cm³/mol. The largest absolute Gasteiger partial charge is 0.453 e. The van der Waals surface area contributed by atoms with Crippen LogP contribution in [0.5, 0.6) is 0 Å². The van der Waals surface area contributed by atoms with Gasteiger partial charge in [-0.2, -0.15) is 0 Å². The molecule has 0 fully saturated rings. The number of nitrogens with one attached hydrogen (secondary N) is 3. The third kappa shape index (κ3) is 7.94. The standard InChI is InChI=1S/C16H29N3O5/c1-9(2)7-12(8-20)18-14(21)11(5)17-15(22)13(10(3)4)19-16(23)24-6/h8-13H,7H2,1-6H3,(H,17,22)(H,18,21)(H,19,23)/t11-,12-,13-/m0/s1. The summed E-state index contributed by atoms with van der Waals surface area (Å²) in [6.07, 6.45) is 0.482. The van der Waals surface area contributed by atoms with Crippen LogP contribution in [-0.2, 0) is 19.1 Å². The summed E-state index contributed by atoms with van der Waals surface area (Å²) in [6, 6.07) is -2.26. The van der Waals surface area contributed by atoms with E-state index in [0.717, 1.165) is 0 Å². The maximum absolute atomic E-state index is 12.3. The zero-order valence-corrected chi connectivity index (χ0v) is 15.2. The van der Waals surface area contributed by atoms with Gasteiger partial charge < -0.3 is 25.5 Å². The fraction of sp³-hybridized carbons (Fsp3) is 0.750. The summed E-state index contributed by atoms with van der Waals surface area (Å²) in [7, 11) is 1.20. The van der Waals surface area contributed by atoms with E-state index in [9.17, 15) is 19.2 Å². The topological polar surface area (TPSA) is 114 Å². The van der Waals surface area contributed by atoms with Crippen molar-refractivity contribution in [3.63, 3.8) is 0 Å². The summed E-state index contributed by atoms with van der Waals surface area (Å²) in [4.78, 5) is 46.7. The van der Waals surface area contributed by atoms with E-state index in [1.807, 2.05) is 13.8 Å². The summed E-state index contributed by atoms with van der Waals surface area (Å²) >= 11 is 0. The van der Waals surface area contributed by atoms with Gasteiger partial charge in [-0.05, 0) is 25.2 Å². The van der Waals surface area contributed by atoms with Crippen molar-refractivity contribution in [3.05, 3.63) is 0 Å². The maximum atomic E-state index is 12.3. The van der Waals surface area contributed by atoms with Crippen molar-refractivity contribution < 1.29 is 23.9 Å². The third-order valence-corrected chi connectivity index (χ3v) is 3.38. The summed E-state index contributed by atoms with van der Waals surface area (Å²) in [5, 5.41) is 7.55. The Labute approximate surface area is 143 Å². The molecule has 138 valence electrons. The van der Waals surface area contributed by atoms with Crippen LogP contribution in [0.15, 0.2) is 0 Å². The number of ether oxygens (including phenoxy) is 1. The molecule has 0 heterocycles. The van der Waals surface area contributed by atoms with Gasteiger partial charge in [-0.25, -0.2) is 4.79 Å². The molecule has 0 aliphatic carbocycles. The average molecular weight is 343 g/mol. The number of rotatable bonds is 9. The molecule has 0 aliphatic rings. The molecule has 0 aromatic rings. The minimum absolute atomic E-state index is 0.192. The number of carbonyl (C=O) groups excluding carboxylic acids is 4. The predicted octanol–water partition coefficient (Wildman–Crippen LogP) is 0.601. The molecule has 3 amide bonds. The summed E-state index contributed by atoms with van der Waals surface area (Å²) in [6.45, 7) is 8.92. The second kappa shape index (κ2) is 10.6. The molecule has 0 spiro atoms. The summed E-state index contributed by atoms with van der Waals surface area (Å²) < 4.78 is 4.49. The van der Waals surface area contributed by atoms with Crippen molar-refractivity contribution in [1.82, 2.24) is 16.0 Å². The smallest absolute Gasteiger partial charge is 0.407 e. The number of hydrogen-bond acceptors (Lipinski definition) is 5. The van der Waals surface area contributed by atoms with Crippen molar-refractivity contribution in [2.24, 2.45) is 11.8 Å². The monoisotopic (exact) mass is 343 g/mol. The van der Waals surface area contributed by atoms with Crippen LogP contribution >= 0.6 is 0 Å². The van der Waals surface area contributed by atoms with Crippen LogP contribution in [0, 0.1) is 11.8 Å². The molecule has 0 aromatic carbocycles. The van der Waals surface area contributed by atoms with E-state index in [1.165, 1.54) is 14.0 Å². The van der Waals surface area contributed by atoms with Crippen LogP contribution in [0.1, 0.15) is 41.0 Å². The Morgan fingerprint density at radius 2 is 1.54 bits per heavy atom. The van der Waals surface area contributed by atoms with Gasteiger partial charge in [0.05, 0.1) is 13.2 Å². The van der Waals surface area contributed by atoms with Crippen molar-refractivity contribution in [2.75, 3.05) is 7.11 Å². The normalized spacial score (nSPS) is 14.5. The molecule has 0 aliphatic heterocycles. The van der Waals surface area contributed by atoms with Gasteiger partial charge in [-0.1, -0.05) is 27.7 Å². The van der Waals surface area contributed by atoms with E-state index in [0.29, 0.717) is 12.7 Å². The second-order valence-electron chi connectivity index (χ2n) is 6.47. The van der Waals surface area contributed by atoms with E-state index in [-0.39, 0.29) is 11.8 Å². The van der Waals surface area contributed by atoms with Gasteiger partial charge >= 0.3 is 6.09 Å². The van der Waals surface area contributed by atoms with E-state index in [4.69, 9.17) is 0 Å². The van der Waals surface area contributed by atoms with E-state index in [1.54, 1.807) is 13.8 Å². The highest BCUT2D eigenvalue weighted by Gasteiger charge is 2.27. The Balaban J connectivity index is 4.72. The van der Waals surface area contributed by atoms with Crippen LogP contribution in [0.3, 0.4) is 0 Å². The minimum atomic E-state index is -0.840. The van der Waals surface area contributed by atoms with Gasteiger partial charge in [0.2, 0.25) is 11.8 Å². The lowest BCUT2D eigenvalue weighted by Gasteiger charge is -2.24. The van der Waals surface area contributed by atoms with Crippen molar-refractivity contribution in [2.45, 2.75) is 59.2 Å². The molecule has 0 bridgehead atoms. The number of methoxy groups -OCH3 is 1. The Morgan fingerprint density at radius 1 is 0.958 bits per heavy atom. The highest BCUT2D eigenvalue weighted by atomic mass is 16.5. The van der Waals surface area contributed by atoms with Crippen LogP contribution in [0.4, 0.5) is 4.79 Å². The van der Waals surface area contributed by atoms with E-state index in [2.05, 4.69) is 20.7 Å². The summed E-state index contributed by atoms with van der Waals surface area (Å²) in [5.41, 5.74) is 0. The zero-order chi connectivity index (χ0) is 18.9. The molecule has 8 nitrogen and oxygen atoms in total. The number of hydrogen-bond donors (Lipinski definition) is 3. The number of carbonyl (C=O) groups is 4. The number of alkyl carbamates (subject to hydrolysis) is 1. The molecular formula is C16H29N3O5. The van der Waals surface area contributed by atoms with E-state index >= 15 is 0 Å². The highest BCUT2D eigenvalue weighted by Crippen LogP contribution is 2.05. The van der Waals surface area contributed by atoms with Crippen molar-refractivity contribution in [3.8, 4) is 0 Å². The van der Waals surface area contributed by atoms with Gasteiger partial charge in [0, 0.05) is 0 Å². The lowest BCUT2D eigenvalue weighted by atomic mass is 10.0. The molecule has 3 atom stereocenters. The van der Waals surface area contributed by atoms with Crippen molar-refractivity contribution >= 4 is 24.2 Å². The molecule has 8 heteroatoms. The van der Waals surface area contributed by atoms with Gasteiger partial charge in [-0.15, -0.1) is 0 Å². The molecular weight excluding hydrogens is 314 g/mol. The van der Waals surface area contributed by atoms with Gasteiger partial charge in [-0.3, -0.25) is 9.59 Å². The third-order valence-electron chi connectivity index (χ3n) is 3.38. The van der Waals surface area contributed by atoms with Crippen LogP contribution in [0.25, 0.3) is 0 Å². The number of aldehydes is 1. The molecule has 0 saturated heterocycles. The number of amides is 3. The highest BCUT2D eigenvalue weighted by molar-refractivity contribution is 5.91. The Morgan fingerprint density at radius 3 is 1.96 bits per heavy atom. The quantitative estimate of drug-likeness (QED) is 0.531. The molecule has 24 heavy (non-hydrogen) atoms. The Bertz CT molecular complexity index is 451. The SMILES string of the molecule is COC(=O)N[C@H](C(=O)N[C@@H](C)C(=O)N[C@H](C=O)CC(C)C)C(C)C. The fourth-order valence-electron chi connectivity index (χ4n) is 2.05. The molecule has 0 aromatic heterocycles. The fourth-order valence-corrected chi connectivity index (χ4v) is 2.05. The van der Waals surface area contributed by atoms with Gasteiger partial charge in [0.15, 0.2) is 0 Å². The molecule has 0 saturated carbocycles. The Kier molecular flexibility index (Phi) is 9.68. The second-order valence-corrected chi connectivity index (χ2v) is 6.47. The molecule has 0 unspecified atom stereocenters. The molecule has 0 rings (SSSR count). The van der Waals surface area contributed by atoms with Crippen LogP contribution in [0.2, 0.25) is 0 Å². The molecule has 0 radical (unpaired) electrons. The van der Waals surface area contributed by atoms with Crippen molar-refractivity contribution in [1.29, 1.82) is 0 Å². The summed E-state index contributed by atoms with van der Waals surface area (Å²) in [5.74, 6) is -0.894. The zero-order valence-electron chi connectivity index (χ0n) is 15.2. The first-order chi connectivity index (χ1) is 11.1. The minimum Gasteiger partial charge on any atom is -0.453 e. The van der Waals surface area contributed by atoms with Gasteiger partial charge in [0.25, 0.3) is 0 Å².